The Bertz CT molecular complexity index is 2060. The van der Waals surface area contributed by atoms with Crippen LogP contribution in [0.1, 0.15) is 53.1 Å². The van der Waals surface area contributed by atoms with Crippen molar-refractivity contribution in [2.75, 3.05) is 33.8 Å². The second-order valence-corrected chi connectivity index (χ2v) is 14.4. The van der Waals surface area contributed by atoms with Gasteiger partial charge in [0.25, 0.3) is 5.91 Å². The van der Waals surface area contributed by atoms with E-state index in [9.17, 15) is 4.79 Å². The van der Waals surface area contributed by atoms with Crippen LogP contribution in [-0.4, -0.2) is 86.2 Å². The summed E-state index contributed by atoms with van der Waals surface area (Å²) in [5.74, 6) is 2.84. The number of rotatable bonds is 2. The first-order valence-electron chi connectivity index (χ1n) is 16.9. The predicted molar refractivity (Wildman–Crippen MR) is 177 cm³/mol. The summed E-state index contributed by atoms with van der Waals surface area (Å²) in [7, 11) is 3.96. The number of hydrogen-bond acceptors (Lipinski definition) is 6. The minimum absolute atomic E-state index is 0.0765. The summed E-state index contributed by atoms with van der Waals surface area (Å²) in [6.07, 6.45) is 6.43. The van der Waals surface area contributed by atoms with Gasteiger partial charge in [0.05, 0.1) is 29.9 Å². The molecule has 5 aliphatic rings. The number of benzene rings is 2. The van der Waals surface area contributed by atoms with Crippen LogP contribution < -0.4 is 10.1 Å². The van der Waals surface area contributed by atoms with Crippen LogP contribution in [0.25, 0.3) is 33.6 Å². The minimum Gasteiger partial charge on any atom is -0.494 e. The monoisotopic (exact) mass is 613 g/mol. The topological polar surface area (TPSA) is 90.4 Å². The highest BCUT2D eigenvalue weighted by molar-refractivity contribution is 6.01. The van der Waals surface area contributed by atoms with E-state index in [2.05, 4.69) is 67.7 Å². The zero-order valence-corrected chi connectivity index (χ0v) is 26.4. The van der Waals surface area contributed by atoms with E-state index < -0.39 is 0 Å². The fourth-order valence-electron chi connectivity index (χ4n) is 9.28. The van der Waals surface area contributed by atoms with E-state index in [1.165, 1.54) is 24.0 Å². The lowest BCUT2D eigenvalue weighted by atomic mass is 9.85. The quantitative estimate of drug-likeness (QED) is 0.286. The van der Waals surface area contributed by atoms with E-state index in [0.29, 0.717) is 41.8 Å². The normalized spacial score (nSPS) is 28.3. The first-order valence-corrected chi connectivity index (χ1v) is 16.9. The van der Waals surface area contributed by atoms with Crippen LogP contribution in [0.4, 0.5) is 0 Å². The van der Waals surface area contributed by atoms with Crippen molar-refractivity contribution in [1.29, 1.82) is 0 Å². The second-order valence-electron chi connectivity index (χ2n) is 14.4. The number of methoxy groups -OCH3 is 1. The lowest BCUT2D eigenvalue weighted by molar-refractivity contribution is 0.0757. The number of hydrogen-bond donors (Lipinski definition) is 1. The molecule has 1 saturated carbocycles. The minimum atomic E-state index is 0.0765. The molecule has 10 rings (SSSR count). The largest absolute Gasteiger partial charge is 0.494 e. The summed E-state index contributed by atoms with van der Waals surface area (Å²) in [5.41, 5.74) is 7.29. The van der Waals surface area contributed by atoms with Crippen LogP contribution in [0.5, 0.6) is 5.75 Å². The van der Waals surface area contributed by atoms with Gasteiger partial charge in [0.2, 0.25) is 0 Å². The number of likely N-dealkylation sites (tertiary alicyclic amines) is 2. The van der Waals surface area contributed by atoms with E-state index in [0.717, 1.165) is 72.6 Å². The van der Waals surface area contributed by atoms with Gasteiger partial charge >= 0.3 is 0 Å². The standard InChI is InChI=1S/C37H39N7O2/c1-41-19-25-8-3-4-12-42-29(15-24-10-6-11-38-34(24)42)35-39-28-14-26(36(45)43-21-31-37(40-31)17-32(37)43)16-30(46-2)33(28)44(35)18-22-7-5-9-23(13-22)27(25)20-41/h5-7,9-11,13-16,25,27,31-32,40H,3-4,8,12,17-21H2,1-2H3/t25-,27-,31+,32+,37-/m0/s1. The summed E-state index contributed by atoms with van der Waals surface area (Å²) in [6, 6.07) is 20.3. The Morgan fingerprint density at radius 2 is 1.98 bits per heavy atom. The van der Waals surface area contributed by atoms with Gasteiger partial charge in [0.15, 0.2) is 5.82 Å². The third-order valence-electron chi connectivity index (χ3n) is 11.7. The first kappa shape index (κ1) is 27.0. The third kappa shape index (κ3) is 3.91. The van der Waals surface area contributed by atoms with Gasteiger partial charge in [0.1, 0.15) is 16.9 Å². The Labute approximate surface area is 268 Å². The second kappa shape index (κ2) is 9.65. The fraction of sp³-hybridized carbons (Fsp3) is 0.432. The molecule has 9 nitrogen and oxygen atoms in total. The Hall–Kier alpha value is -4.21. The Balaban J connectivity index is 1.16. The fourth-order valence-corrected chi connectivity index (χ4v) is 9.28. The molecule has 5 aromatic rings. The van der Waals surface area contributed by atoms with Crippen molar-refractivity contribution in [3.63, 3.8) is 0 Å². The van der Waals surface area contributed by atoms with Crippen molar-refractivity contribution in [2.45, 2.75) is 62.3 Å². The molecule has 0 unspecified atom stereocenters. The Morgan fingerprint density at radius 3 is 2.83 bits per heavy atom. The highest BCUT2D eigenvalue weighted by Crippen LogP contribution is 2.58. The van der Waals surface area contributed by atoms with Gasteiger partial charge < -0.3 is 29.0 Å². The van der Waals surface area contributed by atoms with E-state index in [-0.39, 0.29) is 11.4 Å². The van der Waals surface area contributed by atoms with Gasteiger partial charge in [-0.15, -0.1) is 0 Å². The molecule has 4 fully saturated rings. The predicted octanol–water partition coefficient (Wildman–Crippen LogP) is 4.88. The first-order chi connectivity index (χ1) is 22.5. The molecule has 4 aliphatic heterocycles. The van der Waals surface area contributed by atoms with E-state index >= 15 is 0 Å². The Morgan fingerprint density at radius 1 is 1.04 bits per heavy atom. The van der Waals surface area contributed by atoms with Crippen molar-refractivity contribution in [3.8, 4) is 17.3 Å². The number of amides is 1. The average molecular weight is 614 g/mol. The van der Waals surface area contributed by atoms with E-state index in [4.69, 9.17) is 14.7 Å². The smallest absolute Gasteiger partial charge is 0.254 e. The number of nitrogens with one attached hydrogen (secondary N) is 1. The summed E-state index contributed by atoms with van der Waals surface area (Å²) in [5, 5.41) is 4.69. The molecule has 2 bridgehead atoms. The molecule has 46 heavy (non-hydrogen) atoms. The summed E-state index contributed by atoms with van der Waals surface area (Å²) < 4.78 is 10.8. The number of fused-ring (bicyclic) bond motifs is 11. The van der Waals surface area contributed by atoms with Gasteiger partial charge in [-0.05, 0) is 73.7 Å². The molecule has 7 heterocycles. The molecule has 0 radical (unpaired) electrons. The van der Waals surface area contributed by atoms with Gasteiger partial charge in [-0.1, -0.05) is 30.7 Å². The molecule has 1 spiro atoms. The number of pyridine rings is 1. The molecule has 1 aliphatic carbocycles. The number of likely N-dealkylation sites (N-methyl/N-ethyl adjacent to an activating group) is 1. The maximum absolute atomic E-state index is 13.9. The number of aromatic nitrogens is 4. The molecule has 1 amide bonds. The molecule has 5 atom stereocenters. The number of aryl methyl sites for hydroxylation is 1. The lowest BCUT2D eigenvalue weighted by Gasteiger charge is -2.21. The third-order valence-corrected chi connectivity index (χ3v) is 11.7. The van der Waals surface area contributed by atoms with Crippen molar-refractivity contribution < 1.29 is 9.53 Å². The van der Waals surface area contributed by atoms with Crippen LogP contribution in [0.3, 0.4) is 0 Å². The van der Waals surface area contributed by atoms with Gasteiger partial charge in [-0.2, -0.15) is 0 Å². The maximum Gasteiger partial charge on any atom is 0.254 e. The zero-order valence-electron chi connectivity index (χ0n) is 26.4. The number of imidazole rings is 1. The highest BCUT2D eigenvalue weighted by Gasteiger charge is 2.78. The SMILES string of the molecule is COc1cc(C(=O)N2C[C@H]3N[C@@]34C[C@@H]24)cc2nc3n(c12)Cc1cccc(c1)[C@@H]1CN(C)C[C@@H]1CCCCn1c-3cc2cccnc21. The molecule has 9 heteroatoms. The van der Waals surface area contributed by atoms with E-state index in [1.54, 1.807) is 7.11 Å². The number of carbonyl (C=O) groups is 1. The Kier molecular flexibility index (Phi) is 5.66. The number of piperidine rings is 1. The molecule has 1 N–H and O–H groups in total. The maximum atomic E-state index is 13.9. The molecule has 234 valence electrons. The molecular weight excluding hydrogens is 574 g/mol. The number of ether oxygens (including phenoxy) is 1. The summed E-state index contributed by atoms with van der Waals surface area (Å²) in [6.45, 7) is 4.56. The van der Waals surface area contributed by atoms with Gasteiger partial charge in [-0.25, -0.2) is 9.97 Å². The van der Waals surface area contributed by atoms with Crippen LogP contribution in [-0.2, 0) is 13.1 Å². The number of nitrogens with zero attached hydrogens (tertiary/aromatic N) is 6. The average Bonchev–Trinajstić information content (AvgIpc) is 3.73. The van der Waals surface area contributed by atoms with Crippen LogP contribution >= 0.6 is 0 Å². The molecular formula is C37H39N7O2. The van der Waals surface area contributed by atoms with Crippen molar-refractivity contribution in [3.05, 3.63) is 77.5 Å². The molecule has 3 saturated heterocycles. The number of carbonyl (C=O) groups excluding carboxylic acids is 1. The van der Waals surface area contributed by atoms with Crippen molar-refractivity contribution >= 4 is 28.0 Å². The van der Waals surface area contributed by atoms with Gasteiger partial charge in [0, 0.05) is 61.8 Å². The lowest BCUT2D eigenvalue weighted by Crippen LogP contribution is -2.35. The summed E-state index contributed by atoms with van der Waals surface area (Å²) in [4.78, 5) is 28.6. The van der Waals surface area contributed by atoms with Crippen molar-refractivity contribution in [1.82, 2.24) is 34.2 Å². The highest BCUT2D eigenvalue weighted by atomic mass is 16.5. The van der Waals surface area contributed by atoms with Crippen LogP contribution in [0.15, 0.2) is 60.8 Å². The molecule has 3 aromatic heterocycles. The number of piperazine rings is 1. The zero-order chi connectivity index (χ0) is 30.7. The summed E-state index contributed by atoms with van der Waals surface area (Å²) >= 11 is 0. The van der Waals surface area contributed by atoms with Gasteiger partial charge in [-0.3, -0.25) is 4.79 Å². The van der Waals surface area contributed by atoms with Crippen LogP contribution in [0.2, 0.25) is 0 Å². The van der Waals surface area contributed by atoms with Crippen LogP contribution in [0, 0.1) is 5.92 Å². The van der Waals surface area contributed by atoms with Crippen molar-refractivity contribution in [2.24, 2.45) is 5.92 Å². The molecule has 2 aromatic carbocycles. The van der Waals surface area contributed by atoms with E-state index in [1.807, 2.05) is 24.4 Å².